The van der Waals surface area contributed by atoms with E-state index >= 15 is 0 Å². The number of methoxy groups -OCH3 is 2. The molecule has 1 heterocycles. The largest absolute Gasteiger partial charge is 0.497 e. The van der Waals surface area contributed by atoms with Gasteiger partial charge in [0, 0.05) is 22.5 Å². The molecule has 1 aromatic heterocycles. The number of carbonyl (C=O) groups excluding carboxylic acids is 1. The fraction of sp³-hybridized carbons (Fsp3) is 0.200. The highest BCUT2D eigenvalue weighted by Crippen LogP contribution is 2.32. The number of rotatable bonds is 8. The molecule has 0 radical (unpaired) electrons. The quantitative estimate of drug-likeness (QED) is 0.163. The first-order valence-corrected chi connectivity index (χ1v) is 11.7. The molecule has 6 heteroatoms. The van der Waals surface area contributed by atoms with Crippen LogP contribution in [0.15, 0.2) is 84.0 Å². The number of hydrogen-bond acceptors (Lipinski definition) is 5. The molecule has 0 spiro atoms. The second-order valence-corrected chi connectivity index (χ2v) is 8.58. The van der Waals surface area contributed by atoms with Gasteiger partial charge in [0.2, 0.25) is 0 Å². The summed E-state index contributed by atoms with van der Waals surface area (Å²) in [5, 5.41) is 4.40. The maximum absolute atomic E-state index is 11.8. The summed E-state index contributed by atoms with van der Waals surface area (Å²) in [5.41, 5.74) is 8.44. The zero-order chi connectivity index (χ0) is 25.7. The van der Waals surface area contributed by atoms with E-state index in [4.69, 9.17) is 14.3 Å². The number of ether oxygens (including phenoxy) is 2. The Kier molecular flexibility index (Phi) is 7.54. The maximum atomic E-state index is 11.8. The Hall–Kier alpha value is -4.32. The molecule has 6 nitrogen and oxygen atoms in total. The smallest absolute Gasteiger partial charge is 0.337 e. The van der Waals surface area contributed by atoms with Crippen LogP contribution in [-0.4, -0.2) is 30.5 Å². The number of esters is 1. The predicted molar refractivity (Wildman–Crippen MR) is 142 cm³/mol. The van der Waals surface area contributed by atoms with Gasteiger partial charge in [0.15, 0.2) is 0 Å². The van der Waals surface area contributed by atoms with Crippen molar-refractivity contribution in [1.82, 2.24) is 4.57 Å². The third-order valence-electron chi connectivity index (χ3n) is 6.04. The zero-order valence-corrected chi connectivity index (χ0v) is 21.2. The molecule has 0 aliphatic carbocycles. The van der Waals surface area contributed by atoms with Crippen molar-refractivity contribution in [2.24, 2.45) is 5.16 Å². The van der Waals surface area contributed by atoms with Gasteiger partial charge in [-0.15, -0.1) is 0 Å². The van der Waals surface area contributed by atoms with Crippen LogP contribution in [0.1, 0.15) is 39.7 Å². The van der Waals surface area contributed by atoms with Gasteiger partial charge in [0.25, 0.3) is 0 Å². The summed E-state index contributed by atoms with van der Waals surface area (Å²) in [6.45, 7) is 6.34. The molecule has 0 unspecified atom stereocenters. The van der Waals surface area contributed by atoms with Gasteiger partial charge in [-0.1, -0.05) is 41.6 Å². The molecule has 0 bridgehead atoms. The van der Waals surface area contributed by atoms with E-state index in [-0.39, 0.29) is 12.6 Å². The lowest BCUT2D eigenvalue weighted by atomic mass is 10.1. The van der Waals surface area contributed by atoms with E-state index in [1.807, 2.05) is 31.2 Å². The summed E-state index contributed by atoms with van der Waals surface area (Å²) in [5.74, 6) is 0.418. The molecule has 0 fully saturated rings. The number of carbonyl (C=O) groups is 1. The van der Waals surface area contributed by atoms with Crippen molar-refractivity contribution in [3.63, 3.8) is 0 Å². The van der Waals surface area contributed by atoms with Crippen LogP contribution >= 0.6 is 0 Å². The van der Waals surface area contributed by atoms with Crippen molar-refractivity contribution in [3.05, 3.63) is 107 Å². The molecular weight excluding hydrogens is 452 g/mol. The minimum Gasteiger partial charge on any atom is -0.497 e. The molecule has 0 atom stereocenters. The summed E-state index contributed by atoms with van der Waals surface area (Å²) in [6, 6.07) is 25.7. The molecule has 3 aromatic carbocycles. The Balaban J connectivity index is 1.68. The Bertz CT molecular complexity index is 1420. The van der Waals surface area contributed by atoms with Gasteiger partial charge in [-0.2, -0.15) is 0 Å². The van der Waals surface area contributed by atoms with Crippen LogP contribution in [0.4, 0.5) is 0 Å². The number of nitrogens with zero attached hydrogens (tertiary/aromatic N) is 2. The first kappa shape index (κ1) is 24.8. The van der Waals surface area contributed by atoms with Gasteiger partial charge in [0.05, 0.1) is 31.2 Å². The van der Waals surface area contributed by atoms with E-state index in [0.29, 0.717) is 5.56 Å². The third-order valence-corrected chi connectivity index (χ3v) is 6.04. The topological polar surface area (TPSA) is 62.1 Å². The molecule has 0 aliphatic rings. The summed E-state index contributed by atoms with van der Waals surface area (Å²) in [4.78, 5) is 17.5. The standard InChI is InChI=1S/C30H30N2O4/c1-20-9-6-13-26(15-20)32-22(3)28(18-29(32)24-11-8-14-27(17-24)34-4)21(2)31-36-19-23-10-7-12-25(16-23)30(33)35-5/h6-18H,19H2,1-5H3/b31-21-. The molecule has 0 saturated carbocycles. The molecule has 36 heavy (non-hydrogen) atoms. The average molecular weight is 483 g/mol. The maximum Gasteiger partial charge on any atom is 0.337 e. The van der Waals surface area contributed by atoms with E-state index in [0.717, 1.165) is 45.2 Å². The lowest BCUT2D eigenvalue weighted by Gasteiger charge is -2.14. The summed E-state index contributed by atoms with van der Waals surface area (Å²) >= 11 is 0. The number of aromatic nitrogens is 1. The zero-order valence-electron chi connectivity index (χ0n) is 21.2. The van der Waals surface area contributed by atoms with Crippen molar-refractivity contribution in [2.45, 2.75) is 27.4 Å². The average Bonchev–Trinajstić information content (AvgIpc) is 3.25. The SMILES string of the molecule is COC(=O)c1cccc(CO/N=C(/C)c2cc(-c3cccc(OC)c3)n(-c3cccc(C)c3)c2C)c1. The molecule has 0 N–H and O–H groups in total. The van der Waals surface area contributed by atoms with Crippen LogP contribution in [0.5, 0.6) is 5.75 Å². The van der Waals surface area contributed by atoms with Crippen LogP contribution in [0.25, 0.3) is 16.9 Å². The molecule has 184 valence electrons. The van der Waals surface area contributed by atoms with Crippen LogP contribution in [0.2, 0.25) is 0 Å². The number of hydrogen-bond donors (Lipinski definition) is 0. The highest BCUT2D eigenvalue weighted by atomic mass is 16.6. The molecular formula is C30H30N2O4. The number of oxime groups is 1. The van der Waals surface area contributed by atoms with Gasteiger partial charge in [0.1, 0.15) is 12.4 Å². The van der Waals surface area contributed by atoms with Gasteiger partial charge in [-0.25, -0.2) is 4.79 Å². The van der Waals surface area contributed by atoms with E-state index in [1.54, 1.807) is 25.3 Å². The molecule has 0 saturated heterocycles. The van der Waals surface area contributed by atoms with Crippen molar-refractivity contribution < 1.29 is 19.1 Å². The Morgan fingerprint density at radius 3 is 2.44 bits per heavy atom. The normalized spacial score (nSPS) is 11.3. The second-order valence-electron chi connectivity index (χ2n) is 8.58. The van der Waals surface area contributed by atoms with Crippen molar-refractivity contribution in [2.75, 3.05) is 14.2 Å². The Morgan fingerprint density at radius 2 is 1.69 bits per heavy atom. The van der Waals surface area contributed by atoms with Crippen molar-refractivity contribution in [1.29, 1.82) is 0 Å². The summed E-state index contributed by atoms with van der Waals surface area (Å²) in [6.07, 6.45) is 0. The minimum atomic E-state index is -0.380. The van der Waals surface area contributed by atoms with E-state index in [1.165, 1.54) is 12.7 Å². The number of benzene rings is 3. The van der Waals surface area contributed by atoms with Gasteiger partial charge >= 0.3 is 5.97 Å². The fourth-order valence-electron chi connectivity index (χ4n) is 4.23. The monoisotopic (exact) mass is 482 g/mol. The van der Waals surface area contributed by atoms with Crippen LogP contribution in [0, 0.1) is 13.8 Å². The van der Waals surface area contributed by atoms with Gasteiger partial charge in [-0.3, -0.25) is 0 Å². The van der Waals surface area contributed by atoms with Crippen LogP contribution < -0.4 is 4.74 Å². The Morgan fingerprint density at radius 1 is 0.917 bits per heavy atom. The summed E-state index contributed by atoms with van der Waals surface area (Å²) in [7, 11) is 3.04. The minimum absolute atomic E-state index is 0.239. The van der Waals surface area contributed by atoms with Gasteiger partial charge in [-0.05, 0) is 74.4 Å². The van der Waals surface area contributed by atoms with E-state index in [9.17, 15) is 4.79 Å². The van der Waals surface area contributed by atoms with Gasteiger partial charge < -0.3 is 18.9 Å². The molecule has 4 aromatic rings. The third kappa shape index (κ3) is 5.33. The van der Waals surface area contributed by atoms with Crippen molar-refractivity contribution >= 4 is 11.7 Å². The summed E-state index contributed by atoms with van der Waals surface area (Å²) < 4.78 is 12.5. The van der Waals surface area contributed by atoms with Crippen LogP contribution in [0.3, 0.4) is 0 Å². The van der Waals surface area contributed by atoms with E-state index < -0.39 is 0 Å². The lowest BCUT2D eigenvalue weighted by Crippen LogP contribution is -2.03. The number of aryl methyl sites for hydroxylation is 1. The first-order chi connectivity index (χ1) is 17.4. The van der Waals surface area contributed by atoms with E-state index in [2.05, 4.69) is 60.0 Å². The fourth-order valence-corrected chi connectivity index (χ4v) is 4.23. The predicted octanol–water partition coefficient (Wildman–Crippen LogP) is 6.50. The second kappa shape index (κ2) is 11.0. The van der Waals surface area contributed by atoms with Crippen LogP contribution in [-0.2, 0) is 16.2 Å². The molecule has 0 aliphatic heterocycles. The first-order valence-electron chi connectivity index (χ1n) is 11.7. The molecule has 4 rings (SSSR count). The highest BCUT2D eigenvalue weighted by molar-refractivity contribution is 6.01. The lowest BCUT2D eigenvalue weighted by molar-refractivity contribution is 0.0600. The highest BCUT2D eigenvalue weighted by Gasteiger charge is 2.18. The molecule has 0 amide bonds. The Labute approximate surface area is 211 Å². The van der Waals surface area contributed by atoms with Crippen molar-refractivity contribution in [3.8, 4) is 22.7 Å².